The quantitative estimate of drug-likeness (QED) is 0.597. The van der Waals surface area contributed by atoms with Gasteiger partial charge in [0, 0.05) is 6.54 Å². The number of primary amides is 1. The van der Waals surface area contributed by atoms with Crippen LogP contribution in [0.3, 0.4) is 0 Å². The minimum atomic E-state index is -0.745. The van der Waals surface area contributed by atoms with Gasteiger partial charge in [-0.3, -0.25) is 9.59 Å². The zero-order valence-electron chi connectivity index (χ0n) is 10.5. The van der Waals surface area contributed by atoms with Crippen LogP contribution in [0.1, 0.15) is 34.1 Å². The lowest BCUT2D eigenvalue weighted by atomic mass is 9.92. The Bertz CT molecular complexity index is 264. The zero-order chi connectivity index (χ0) is 12.9. The highest BCUT2D eigenvalue weighted by molar-refractivity contribution is 5.84. The van der Waals surface area contributed by atoms with E-state index in [1.54, 1.807) is 13.8 Å². The van der Waals surface area contributed by atoms with Gasteiger partial charge in [-0.15, -0.1) is 0 Å². The molecule has 1 unspecified atom stereocenters. The smallest absolute Gasteiger partial charge is 0.237 e. The largest absolute Gasteiger partial charge is 0.369 e. The van der Waals surface area contributed by atoms with Crippen molar-refractivity contribution in [2.45, 2.75) is 40.2 Å². The van der Waals surface area contributed by atoms with Crippen LogP contribution in [-0.4, -0.2) is 24.4 Å². The summed E-state index contributed by atoms with van der Waals surface area (Å²) in [5.74, 6) is -0.551. The number of carbonyl (C=O) groups excluding carboxylic acids is 2. The molecule has 0 fully saturated rings. The fourth-order valence-electron chi connectivity index (χ4n) is 1.03. The van der Waals surface area contributed by atoms with E-state index in [2.05, 4.69) is 5.32 Å². The summed E-state index contributed by atoms with van der Waals surface area (Å²) in [4.78, 5) is 22.7. The molecule has 0 saturated heterocycles. The average molecular weight is 229 g/mol. The van der Waals surface area contributed by atoms with Crippen LogP contribution in [-0.2, 0) is 9.59 Å². The Morgan fingerprint density at radius 2 is 1.88 bits per heavy atom. The van der Waals surface area contributed by atoms with Crippen molar-refractivity contribution in [3.8, 4) is 0 Å². The summed E-state index contributed by atoms with van der Waals surface area (Å²) in [6.07, 6.45) is 0.841. The van der Waals surface area contributed by atoms with Gasteiger partial charge < -0.3 is 16.8 Å². The van der Waals surface area contributed by atoms with Crippen molar-refractivity contribution in [3.63, 3.8) is 0 Å². The molecule has 5 heteroatoms. The van der Waals surface area contributed by atoms with E-state index in [0.717, 1.165) is 6.42 Å². The van der Waals surface area contributed by atoms with Gasteiger partial charge >= 0.3 is 0 Å². The molecular formula is C11H23N3O2. The number of nitrogens with one attached hydrogen (secondary N) is 1. The molecule has 16 heavy (non-hydrogen) atoms. The SMILES string of the molecule is CCC(C)[C@H](N)C(=O)NCC(C)(C)C(N)=O. The Morgan fingerprint density at radius 3 is 2.25 bits per heavy atom. The van der Waals surface area contributed by atoms with Gasteiger partial charge in [0.2, 0.25) is 11.8 Å². The second-order valence-electron chi connectivity index (χ2n) is 4.88. The fraction of sp³-hybridized carbons (Fsp3) is 0.818. The molecule has 5 N–H and O–H groups in total. The van der Waals surface area contributed by atoms with Gasteiger partial charge in [0.05, 0.1) is 11.5 Å². The second kappa shape index (κ2) is 5.84. The highest BCUT2D eigenvalue weighted by atomic mass is 16.2. The van der Waals surface area contributed by atoms with Gasteiger partial charge in [0.15, 0.2) is 0 Å². The van der Waals surface area contributed by atoms with Crippen molar-refractivity contribution in [2.24, 2.45) is 22.8 Å². The standard InChI is InChI=1S/C11H23N3O2/c1-5-7(2)8(12)9(15)14-6-11(3,4)10(13)16/h7-8H,5-6,12H2,1-4H3,(H2,13,16)(H,14,15)/t7?,8-/m0/s1. The Balaban J connectivity index is 4.22. The zero-order valence-corrected chi connectivity index (χ0v) is 10.5. The van der Waals surface area contributed by atoms with E-state index >= 15 is 0 Å². The van der Waals surface area contributed by atoms with Crippen LogP contribution in [0.4, 0.5) is 0 Å². The monoisotopic (exact) mass is 229 g/mol. The molecule has 0 aromatic carbocycles. The van der Waals surface area contributed by atoms with Crippen LogP contribution in [0, 0.1) is 11.3 Å². The summed E-state index contributed by atoms with van der Waals surface area (Å²) < 4.78 is 0. The van der Waals surface area contributed by atoms with Gasteiger partial charge in [0.25, 0.3) is 0 Å². The van der Waals surface area contributed by atoms with Crippen LogP contribution in [0.15, 0.2) is 0 Å². The maximum absolute atomic E-state index is 11.6. The van der Waals surface area contributed by atoms with Crippen LogP contribution in [0.2, 0.25) is 0 Å². The molecule has 94 valence electrons. The Kier molecular flexibility index (Phi) is 5.44. The molecule has 0 bridgehead atoms. The van der Waals surface area contributed by atoms with Gasteiger partial charge in [0.1, 0.15) is 0 Å². The molecule has 2 atom stereocenters. The molecule has 0 aliphatic heterocycles. The van der Waals surface area contributed by atoms with E-state index in [1.165, 1.54) is 0 Å². The van der Waals surface area contributed by atoms with Crippen molar-refractivity contribution >= 4 is 11.8 Å². The van der Waals surface area contributed by atoms with Crippen LogP contribution >= 0.6 is 0 Å². The molecule has 0 spiro atoms. The Hall–Kier alpha value is -1.10. The molecule has 0 aliphatic carbocycles. The van der Waals surface area contributed by atoms with Crippen molar-refractivity contribution < 1.29 is 9.59 Å². The van der Waals surface area contributed by atoms with E-state index in [9.17, 15) is 9.59 Å². The lowest BCUT2D eigenvalue weighted by Gasteiger charge is -2.23. The predicted octanol–water partition coefficient (Wildman–Crippen LogP) is -0.0125. The lowest BCUT2D eigenvalue weighted by molar-refractivity contribution is -0.127. The van der Waals surface area contributed by atoms with Gasteiger partial charge in [-0.2, -0.15) is 0 Å². The Labute approximate surface area is 96.9 Å². The Morgan fingerprint density at radius 1 is 1.38 bits per heavy atom. The summed E-state index contributed by atoms with van der Waals surface area (Å²) in [5, 5.41) is 2.65. The normalized spacial score (nSPS) is 15.3. The highest BCUT2D eigenvalue weighted by Gasteiger charge is 2.27. The topological polar surface area (TPSA) is 98.2 Å². The number of amides is 2. The third-order valence-corrected chi connectivity index (χ3v) is 2.93. The van der Waals surface area contributed by atoms with Crippen LogP contribution in [0.5, 0.6) is 0 Å². The summed E-state index contributed by atoms with van der Waals surface area (Å²) >= 11 is 0. The number of hydrogen-bond acceptors (Lipinski definition) is 3. The van der Waals surface area contributed by atoms with Crippen molar-refractivity contribution in [1.29, 1.82) is 0 Å². The molecule has 0 saturated carbocycles. The molecule has 0 aromatic rings. The summed E-state index contributed by atoms with van der Waals surface area (Å²) in [6, 6.07) is -0.534. The molecular weight excluding hydrogens is 206 g/mol. The first kappa shape index (κ1) is 14.9. The summed E-state index contributed by atoms with van der Waals surface area (Å²) in [5.41, 5.74) is 10.2. The third kappa shape index (κ3) is 4.18. The maximum atomic E-state index is 11.6. The summed E-state index contributed by atoms with van der Waals surface area (Å²) in [7, 11) is 0. The third-order valence-electron chi connectivity index (χ3n) is 2.93. The van der Waals surface area contributed by atoms with Crippen molar-refractivity contribution in [2.75, 3.05) is 6.54 Å². The van der Waals surface area contributed by atoms with E-state index in [-0.39, 0.29) is 18.4 Å². The maximum Gasteiger partial charge on any atom is 0.237 e. The summed E-state index contributed by atoms with van der Waals surface area (Å²) in [6.45, 7) is 7.48. The number of carbonyl (C=O) groups is 2. The first-order valence-electron chi connectivity index (χ1n) is 5.55. The van der Waals surface area contributed by atoms with E-state index in [4.69, 9.17) is 11.5 Å². The number of rotatable bonds is 6. The second-order valence-corrected chi connectivity index (χ2v) is 4.88. The minimum absolute atomic E-state index is 0.122. The predicted molar refractivity (Wildman–Crippen MR) is 63.4 cm³/mol. The average Bonchev–Trinajstić information content (AvgIpc) is 2.23. The minimum Gasteiger partial charge on any atom is -0.369 e. The lowest BCUT2D eigenvalue weighted by Crippen LogP contribution is -2.49. The molecule has 0 aromatic heterocycles. The van der Waals surface area contributed by atoms with E-state index in [0.29, 0.717) is 0 Å². The fourth-order valence-corrected chi connectivity index (χ4v) is 1.03. The molecule has 5 nitrogen and oxygen atoms in total. The molecule has 0 rings (SSSR count). The van der Waals surface area contributed by atoms with Crippen molar-refractivity contribution in [1.82, 2.24) is 5.32 Å². The van der Waals surface area contributed by atoms with E-state index in [1.807, 2.05) is 13.8 Å². The van der Waals surface area contributed by atoms with Crippen LogP contribution in [0.25, 0.3) is 0 Å². The van der Waals surface area contributed by atoms with Crippen LogP contribution < -0.4 is 16.8 Å². The number of hydrogen-bond donors (Lipinski definition) is 3. The first-order valence-corrected chi connectivity index (χ1v) is 5.55. The molecule has 0 aliphatic rings. The number of nitrogens with two attached hydrogens (primary N) is 2. The molecule has 0 radical (unpaired) electrons. The first-order chi connectivity index (χ1) is 7.22. The molecule has 0 heterocycles. The van der Waals surface area contributed by atoms with Crippen molar-refractivity contribution in [3.05, 3.63) is 0 Å². The highest BCUT2D eigenvalue weighted by Crippen LogP contribution is 2.12. The van der Waals surface area contributed by atoms with E-state index < -0.39 is 17.4 Å². The molecule has 2 amide bonds. The van der Waals surface area contributed by atoms with Gasteiger partial charge in [-0.25, -0.2) is 0 Å². The van der Waals surface area contributed by atoms with Gasteiger partial charge in [-0.1, -0.05) is 20.3 Å². The van der Waals surface area contributed by atoms with Gasteiger partial charge in [-0.05, 0) is 19.8 Å².